The number of piperidine rings is 1. The van der Waals surface area contributed by atoms with Crippen molar-refractivity contribution in [1.29, 1.82) is 0 Å². The molecule has 32 heavy (non-hydrogen) atoms. The molecule has 0 spiro atoms. The van der Waals surface area contributed by atoms with Crippen molar-refractivity contribution < 1.29 is 18.0 Å². The van der Waals surface area contributed by atoms with Crippen molar-refractivity contribution in [2.45, 2.75) is 31.9 Å². The maximum atomic E-state index is 13.5. The molecule has 0 saturated carbocycles. The highest BCUT2D eigenvalue weighted by atomic mass is 19.4. The number of alkyl halides is 3. The van der Waals surface area contributed by atoms with Gasteiger partial charge in [-0.25, -0.2) is 9.50 Å². The van der Waals surface area contributed by atoms with Gasteiger partial charge < -0.3 is 4.90 Å². The molecule has 4 aromatic rings. The number of likely N-dealkylation sites (tertiary alicyclic amines) is 1. The van der Waals surface area contributed by atoms with Gasteiger partial charge in [0.25, 0.3) is 5.91 Å². The lowest BCUT2D eigenvalue weighted by atomic mass is 9.94. The molecule has 1 atom stereocenters. The number of halogens is 3. The van der Waals surface area contributed by atoms with E-state index in [1.54, 1.807) is 23.2 Å². The highest BCUT2D eigenvalue weighted by Crippen LogP contribution is 2.32. The average Bonchev–Trinajstić information content (AvgIpc) is 3.21. The first kappa shape index (κ1) is 20.4. The summed E-state index contributed by atoms with van der Waals surface area (Å²) in [5.74, 6) is -0.257. The van der Waals surface area contributed by atoms with Crippen LogP contribution in [0.3, 0.4) is 0 Å². The molecule has 0 N–H and O–H groups in total. The van der Waals surface area contributed by atoms with Crippen molar-refractivity contribution in [1.82, 2.24) is 24.5 Å². The second kappa shape index (κ2) is 7.58. The van der Waals surface area contributed by atoms with E-state index in [1.807, 2.05) is 24.3 Å². The number of pyridine rings is 1. The maximum absolute atomic E-state index is 13.5. The molecule has 1 amide bonds. The number of benzene rings is 1. The van der Waals surface area contributed by atoms with Crippen LogP contribution in [0.25, 0.3) is 16.6 Å². The Kier molecular flexibility index (Phi) is 4.83. The van der Waals surface area contributed by atoms with Crippen LogP contribution >= 0.6 is 0 Å². The van der Waals surface area contributed by atoms with Gasteiger partial charge in [0.2, 0.25) is 0 Å². The van der Waals surface area contributed by atoms with E-state index in [-0.39, 0.29) is 23.2 Å². The molecule has 9 heteroatoms. The summed E-state index contributed by atoms with van der Waals surface area (Å²) in [5, 5.41) is 5.12. The third-order valence-electron chi connectivity index (χ3n) is 5.84. The summed E-state index contributed by atoms with van der Waals surface area (Å²) in [6, 6.07) is 11.7. The fraction of sp³-hybridized carbons (Fsp3) is 0.304. The molecule has 6 nitrogen and oxygen atoms in total. The maximum Gasteiger partial charge on any atom is 0.433 e. The summed E-state index contributed by atoms with van der Waals surface area (Å²) < 4.78 is 41.3. The average molecular weight is 439 g/mol. The Morgan fingerprint density at radius 3 is 2.81 bits per heavy atom. The molecular formula is C23H20F3N5O. The van der Waals surface area contributed by atoms with Crippen molar-refractivity contribution in [3.8, 4) is 0 Å². The number of carbonyl (C=O) groups is 1. The van der Waals surface area contributed by atoms with E-state index in [4.69, 9.17) is 0 Å². The van der Waals surface area contributed by atoms with Crippen LogP contribution in [0.5, 0.6) is 0 Å². The number of rotatable bonds is 2. The van der Waals surface area contributed by atoms with Gasteiger partial charge in [-0.1, -0.05) is 6.07 Å². The summed E-state index contributed by atoms with van der Waals surface area (Å²) in [6.45, 7) is 2.52. The lowest BCUT2D eigenvalue weighted by Crippen LogP contribution is -2.39. The molecule has 0 unspecified atom stereocenters. The molecule has 1 aliphatic heterocycles. The lowest BCUT2D eigenvalue weighted by molar-refractivity contribution is -0.142. The summed E-state index contributed by atoms with van der Waals surface area (Å²) in [5.41, 5.74) is 1.50. The molecule has 5 rings (SSSR count). The molecular weight excluding hydrogens is 419 g/mol. The summed E-state index contributed by atoms with van der Waals surface area (Å²) in [7, 11) is 0. The van der Waals surface area contributed by atoms with Gasteiger partial charge in [0, 0.05) is 47.9 Å². The fourth-order valence-corrected chi connectivity index (χ4v) is 4.31. The summed E-state index contributed by atoms with van der Waals surface area (Å²) in [4.78, 5) is 23.4. The molecule has 164 valence electrons. The SMILES string of the molecule is Cc1cc(C(F)(F)F)n2nc([C@H]3CCCN(C(=O)c4ccc5ncccc5c4)C3)cc2n1. The monoisotopic (exact) mass is 439 g/mol. The number of hydrogen-bond donors (Lipinski definition) is 0. The topological polar surface area (TPSA) is 63.4 Å². The van der Waals surface area contributed by atoms with Crippen LogP contribution in [0.1, 0.15) is 46.2 Å². The Bertz CT molecular complexity index is 1330. The third-order valence-corrected chi connectivity index (χ3v) is 5.84. The van der Waals surface area contributed by atoms with E-state index in [1.165, 1.54) is 6.92 Å². The van der Waals surface area contributed by atoms with Crippen LogP contribution in [-0.4, -0.2) is 43.5 Å². The van der Waals surface area contributed by atoms with E-state index in [0.717, 1.165) is 34.3 Å². The Labute approximate surface area is 181 Å². The Morgan fingerprint density at radius 1 is 1.16 bits per heavy atom. The molecule has 0 bridgehead atoms. The standard InChI is InChI=1S/C23H20F3N5O/c1-14-10-20(23(24,25)26)31-21(28-14)12-19(29-31)17-5-3-9-30(13-17)22(32)16-6-7-18-15(11-16)4-2-8-27-18/h2,4,6-8,10-12,17H,3,5,9,13H2,1H3/t17-/m0/s1. The van der Waals surface area contributed by atoms with E-state index in [2.05, 4.69) is 15.1 Å². The number of carbonyl (C=O) groups excluding carboxylic acids is 1. The van der Waals surface area contributed by atoms with Crippen molar-refractivity contribution in [2.24, 2.45) is 0 Å². The van der Waals surface area contributed by atoms with Gasteiger partial charge in [0.05, 0.1) is 11.2 Å². The van der Waals surface area contributed by atoms with E-state index in [0.29, 0.717) is 24.3 Å². The van der Waals surface area contributed by atoms with Gasteiger partial charge in [-0.05, 0) is 50.1 Å². The van der Waals surface area contributed by atoms with Gasteiger partial charge in [0.15, 0.2) is 5.65 Å². The quantitative estimate of drug-likeness (QED) is 0.457. The summed E-state index contributed by atoms with van der Waals surface area (Å²) >= 11 is 0. The largest absolute Gasteiger partial charge is 0.433 e. The van der Waals surface area contributed by atoms with Crippen molar-refractivity contribution in [3.63, 3.8) is 0 Å². The number of aryl methyl sites for hydroxylation is 1. The third kappa shape index (κ3) is 3.68. The first-order valence-corrected chi connectivity index (χ1v) is 10.4. The smallest absolute Gasteiger partial charge is 0.338 e. The van der Waals surface area contributed by atoms with Crippen molar-refractivity contribution in [3.05, 3.63) is 71.3 Å². The molecule has 0 radical (unpaired) electrons. The molecule has 1 saturated heterocycles. The zero-order valence-electron chi connectivity index (χ0n) is 17.3. The van der Waals surface area contributed by atoms with Crippen LogP contribution in [-0.2, 0) is 6.18 Å². The number of hydrogen-bond acceptors (Lipinski definition) is 4. The second-order valence-corrected chi connectivity index (χ2v) is 8.12. The molecule has 3 aromatic heterocycles. The van der Waals surface area contributed by atoms with Gasteiger partial charge in [0.1, 0.15) is 5.69 Å². The molecule has 1 aliphatic rings. The van der Waals surface area contributed by atoms with Gasteiger partial charge in [-0.15, -0.1) is 0 Å². The van der Waals surface area contributed by atoms with Crippen LogP contribution in [0, 0.1) is 6.92 Å². The molecule has 4 heterocycles. The predicted octanol–water partition coefficient (Wildman–Crippen LogP) is 4.62. The van der Waals surface area contributed by atoms with Crippen LogP contribution < -0.4 is 0 Å². The van der Waals surface area contributed by atoms with Crippen LogP contribution in [0.15, 0.2) is 48.7 Å². The minimum Gasteiger partial charge on any atom is -0.338 e. The zero-order valence-corrected chi connectivity index (χ0v) is 17.3. The van der Waals surface area contributed by atoms with Crippen LogP contribution in [0.2, 0.25) is 0 Å². The molecule has 0 aliphatic carbocycles. The second-order valence-electron chi connectivity index (χ2n) is 8.12. The minimum absolute atomic E-state index is 0.103. The molecule has 1 aromatic carbocycles. The Balaban J connectivity index is 1.43. The van der Waals surface area contributed by atoms with E-state index in [9.17, 15) is 18.0 Å². The highest BCUT2D eigenvalue weighted by molar-refractivity contribution is 5.98. The number of amides is 1. The first-order valence-electron chi connectivity index (χ1n) is 10.4. The number of fused-ring (bicyclic) bond motifs is 2. The number of nitrogens with zero attached hydrogens (tertiary/aromatic N) is 5. The van der Waals surface area contributed by atoms with Crippen LogP contribution in [0.4, 0.5) is 13.2 Å². The normalized spacial score (nSPS) is 17.2. The zero-order chi connectivity index (χ0) is 22.5. The van der Waals surface area contributed by atoms with Gasteiger partial charge in [-0.3, -0.25) is 9.78 Å². The summed E-state index contributed by atoms with van der Waals surface area (Å²) in [6.07, 6.45) is -1.34. The predicted molar refractivity (Wildman–Crippen MR) is 112 cm³/mol. The minimum atomic E-state index is -4.53. The van der Waals surface area contributed by atoms with Crippen molar-refractivity contribution in [2.75, 3.05) is 13.1 Å². The fourth-order valence-electron chi connectivity index (χ4n) is 4.31. The highest BCUT2D eigenvalue weighted by Gasteiger charge is 2.35. The van der Waals surface area contributed by atoms with Crippen molar-refractivity contribution >= 4 is 22.5 Å². The Hall–Kier alpha value is -3.49. The first-order chi connectivity index (χ1) is 15.3. The van der Waals surface area contributed by atoms with Gasteiger partial charge >= 0.3 is 6.18 Å². The van der Waals surface area contributed by atoms with E-state index >= 15 is 0 Å². The molecule has 1 fully saturated rings. The number of aromatic nitrogens is 4. The van der Waals surface area contributed by atoms with E-state index < -0.39 is 11.9 Å². The van der Waals surface area contributed by atoms with Gasteiger partial charge in [-0.2, -0.15) is 18.3 Å². The Morgan fingerprint density at radius 2 is 2.00 bits per heavy atom. The lowest BCUT2D eigenvalue weighted by Gasteiger charge is -2.32.